The summed E-state index contributed by atoms with van der Waals surface area (Å²) >= 11 is 0. The molecule has 1 heterocycles. The normalized spacial score (nSPS) is 11.9. The zero-order valence-corrected chi connectivity index (χ0v) is 18.9. The molecular weight excluding hydrogens is 421 g/mol. The van der Waals surface area contributed by atoms with Crippen LogP contribution in [-0.4, -0.2) is 34.5 Å². The smallest absolute Gasteiger partial charge is 0.266 e. The van der Waals surface area contributed by atoms with E-state index in [-0.39, 0.29) is 17.0 Å². The number of benzene rings is 3. The summed E-state index contributed by atoms with van der Waals surface area (Å²) in [4.78, 5) is 33.0. The molecule has 4 aromatic rings. The molecule has 1 unspecified atom stereocenters. The molecule has 0 N–H and O–H groups in total. The molecule has 0 fully saturated rings. The van der Waals surface area contributed by atoms with Crippen LogP contribution in [0.3, 0.4) is 0 Å². The summed E-state index contributed by atoms with van der Waals surface area (Å²) in [7, 11) is 3.15. The van der Waals surface area contributed by atoms with E-state index in [2.05, 4.69) is 0 Å². The van der Waals surface area contributed by atoms with E-state index in [1.807, 2.05) is 25.1 Å². The fourth-order valence-electron chi connectivity index (χ4n) is 3.81. The number of ether oxygens (including phenoxy) is 1. The quantitative estimate of drug-likeness (QED) is 0.448. The average molecular weight is 445 g/mol. The number of rotatable bonds is 5. The summed E-state index contributed by atoms with van der Waals surface area (Å²) < 4.78 is 20.7. The largest absolute Gasteiger partial charge is 0.495 e. The Morgan fingerprint density at radius 3 is 2.58 bits per heavy atom. The molecule has 0 aliphatic carbocycles. The maximum absolute atomic E-state index is 13.7. The minimum absolute atomic E-state index is 0.215. The Bertz CT molecular complexity index is 1410. The van der Waals surface area contributed by atoms with Crippen LogP contribution in [-0.2, 0) is 0 Å². The maximum atomic E-state index is 13.7. The molecule has 0 bridgehead atoms. The van der Waals surface area contributed by atoms with Crippen molar-refractivity contribution >= 4 is 16.8 Å². The molecule has 7 heteroatoms. The van der Waals surface area contributed by atoms with Gasteiger partial charge in [0.05, 0.1) is 29.7 Å². The molecule has 6 nitrogen and oxygen atoms in total. The number of fused-ring (bicyclic) bond motifs is 1. The molecule has 1 atom stereocenters. The topological polar surface area (TPSA) is 64.4 Å². The van der Waals surface area contributed by atoms with Crippen molar-refractivity contribution in [2.75, 3.05) is 14.2 Å². The van der Waals surface area contributed by atoms with Gasteiger partial charge in [0.1, 0.15) is 17.4 Å². The van der Waals surface area contributed by atoms with Gasteiger partial charge < -0.3 is 9.64 Å². The van der Waals surface area contributed by atoms with Crippen LogP contribution in [0.25, 0.3) is 16.6 Å². The lowest BCUT2D eigenvalue weighted by Gasteiger charge is -2.27. The fraction of sp³-hybridized carbons (Fsp3) is 0.192. The zero-order valence-electron chi connectivity index (χ0n) is 18.9. The highest BCUT2D eigenvalue weighted by Crippen LogP contribution is 2.28. The van der Waals surface area contributed by atoms with Crippen molar-refractivity contribution in [1.29, 1.82) is 0 Å². The Labute approximate surface area is 190 Å². The van der Waals surface area contributed by atoms with E-state index in [1.54, 1.807) is 44.3 Å². The summed E-state index contributed by atoms with van der Waals surface area (Å²) in [5.74, 6) is 0.00139. The number of nitrogens with zero attached hydrogens (tertiary/aromatic N) is 3. The molecule has 33 heavy (non-hydrogen) atoms. The van der Waals surface area contributed by atoms with Crippen LogP contribution in [0.1, 0.15) is 34.7 Å². The van der Waals surface area contributed by atoms with Gasteiger partial charge in [-0.15, -0.1) is 0 Å². The number of hydrogen-bond donors (Lipinski definition) is 0. The number of hydrogen-bond acceptors (Lipinski definition) is 4. The fourth-order valence-corrected chi connectivity index (χ4v) is 3.81. The number of methoxy groups -OCH3 is 1. The van der Waals surface area contributed by atoms with E-state index in [0.29, 0.717) is 28.2 Å². The first kappa shape index (κ1) is 22.2. The predicted octanol–water partition coefficient (Wildman–Crippen LogP) is 4.68. The van der Waals surface area contributed by atoms with Gasteiger partial charge in [0, 0.05) is 12.6 Å². The first-order valence-electron chi connectivity index (χ1n) is 10.5. The SMILES string of the molecule is COc1ccc(C)cc1-n1c(C(C)N(C)C(=O)c2cccc(F)c2)nc2ccccc2c1=O. The Morgan fingerprint density at radius 2 is 1.85 bits per heavy atom. The highest BCUT2D eigenvalue weighted by Gasteiger charge is 2.26. The first-order valence-corrected chi connectivity index (χ1v) is 10.5. The Hall–Kier alpha value is -4.00. The highest BCUT2D eigenvalue weighted by molar-refractivity contribution is 5.94. The van der Waals surface area contributed by atoms with Crippen molar-refractivity contribution in [3.05, 3.63) is 99.9 Å². The number of aromatic nitrogens is 2. The lowest BCUT2D eigenvalue weighted by atomic mass is 10.1. The predicted molar refractivity (Wildman–Crippen MR) is 126 cm³/mol. The van der Waals surface area contributed by atoms with E-state index in [4.69, 9.17) is 9.72 Å². The van der Waals surface area contributed by atoms with Crippen LogP contribution in [0.15, 0.2) is 71.5 Å². The summed E-state index contributed by atoms with van der Waals surface area (Å²) in [6.45, 7) is 3.71. The van der Waals surface area contributed by atoms with Crippen molar-refractivity contribution in [2.24, 2.45) is 0 Å². The van der Waals surface area contributed by atoms with E-state index >= 15 is 0 Å². The van der Waals surface area contributed by atoms with E-state index < -0.39 is 11.9 Å². The third-order valence-corrected chi connectivity index (χ3v) is 5.72. The third kappa shape index (κ3) is 4.09. The second-order valence-corrected chi connectivity index (χ2v) is 7.91. The van der Waals surface area contributed by atoms with Gasteiger partial charge in [0.25, 0.3) is 11.5 Å². The molecule has 168 valence electrons. The van der Waals surface area contributed by atoms with E-state index in [0.717, 1.165) is 5.56 Å². The van der Waals surface area contributed by atoms with Gasteiger partial charge in [0.2, 0.25) is 0 Å². The molecule has 0 aliphatic heterocycles. The Morgan fingerprint density at radius 1 is 1.09 bits per heavy atom. The Kier molecular flexibility index (Phi) is 5.96. The van der Waals surface area contributed by atoms with Gasteiger partial charge in [-0.05, 0) is 61.9 Å². The van der Waals surface area contributed by atoms with Crippen molar-refractivity contribution in [3.8, 4) is 11.4 Å². The number of aryl methyl sites for hydroxylation is 1. The van der Waals surface area contributed by atoms with Gasteiger partial charge in [-0.1, -0.05) is 24.3 Å². The number of carbonyl (C=O) groups excluding carboxylic acids is 1. The van der Waals surface area contributed by atoms with Crippen molar-refractivity contribution in [3.63, 3.8) is 0 Å². The van der Waals surface area contributed by atoms with Crippen LogP contribution < -0.4 is 10.3 Å². The van der Waals surface area contributed by atoms with Gasteiger partial charge in [0.15, 0.2) is 0 Å². The average Bonchev–Trinajstić information content (AvgIpc) is 2.82. The molecule has 0 saturated carbocycles. The lowest BCUT2D eigenvalue weighted by Crippen LogP contribution is -2.35. The van der Waals surface area contributed by atoms with Gasteiger partial charge in [-0.3, -0.25) is 14.2 Å². The summed E-state index contributed by atoms with van der Waals surface area (Å²) in [5.41, 5.74) is 1.95. The van der Waals surface area contributed by atoms with Gasteiger partial charge in [-0.2, -0.15) is 0 Å². The van der Waals surface area contributed by atoms with Crippen LogP contribution in [0.2, 0.25) is 0 Å². The van der Waals surface area contributed by atoms with Crippen molar-refractivity contribution < 1.29 is 13.9 Å². The molecule has 3 aromatic carbocycles. The van der Waals surface area contributed by atoms with Crippen LogP contribution in [0.5, 0.6) is 5.75 Å². The first-order chi connectivity index (χ1) is 15.8. The summed E-state index contributed by atoms with van der Waals surface area (Å²) in [5, 5.41) is 0.455. The molecule has 1 aromatic heterocycles. The molecule has 4 rings (SSSR count). The highest BCUT2D eigenvalue weighted by atomic mass is 19.1. The van der Waals surface area contributed by atoms with Crippen molar-refractivity contribution in [1.82, 2.24) is 14.5 Å². The molecule has 0 radical (unpaired) electrons. The third-order valence-electron chi connectivity index (χ3n) is 5.72. The number of amides is 1. The minimum atomic E-state index is -0.608. The van der Waals surface area contributed by atoms with E-state index in [9.17, 15) is 14.0 Å². The van der Waals surface area contributed by atoms with Crippen molar-refractivity contribution in [2.45, 2.75) is 19.9 Å². The van der Waals surface area contributed by atoms with Crippen LogP contribution in [0, 0.1) is 12.7 Å². The van der Waals surface area contributed by atoms with Gasteiger partial charge >= 0.3 is 0 Å². The number of para-hydroxylation sites is 1. The molecule has 0 aliphatic rings. The van der Waals surface area contributed by atoms with E-state index in [1.165, 1.54) is 34.8 Å². The zero-order chi connectivity index (χ0) is 23.7. The summed E-state index contributed by atoms with van der Waals surface area (Å²) in [6.07, 6.45) is 0. The number of carbonyl (C=O) groups is 1. The molecule has 0 saturated heterocycles. The monoisotopic (exact) mass is 445 g/mol. The van der Waals surface area contributed by atoms with Crippen LogP contribution >= 0.6 is 0 Å². The minimum Gasteiger partial charge on any atom is -0.495 e. The Balaban J connectivity index is 1.93. The second kappa shape index (κ2) is 8.86. The van der Waals surface area contributed by atoms with Crippen LogP contribution in [0.4, 0.5) is 4.39 Å². The summed E-state index contributed by atoms with van der Waals surface area (Å²) in [6, 6.07) is 17.5. The molecule has 1 amide bonds. The van der Waals surface area contributed by atoms with Gasteiger partial charge in [-0.25, -0.2) is 9.37 Å². The maximum Gasteiger partial charge on any atom is 0.266 e. The standard InChI is InChI=1S/C26H24FN3O3/c1-16-12-13-23(33-4)22(14-16)30-24(28-21-11-6-5-10-20(21)26(30)32)17(2)29(3)25(31)18-8-7-9-19(27)15-18/h5-15,17H,1-4H3. The second-order valence-electron chi connectivity index (χ2n) is 7.91. The molecule has 0 spiro atoms. The number of halogens is 1. The molecular formula is C26H24FN3O3. The lowest BCUT2D eigenvalue weighted by molar-refractivity contribution is 0.0734.